The van der Waals surface area contributed by atoms with Crippen LogP contribution in [0.4, 0.5) is 11.5 Å². The summed E-state index contributed by atoms with van der Waals surface area (Å²) >= 11 is 1.07. The van der Waals surface area contributed by atoms with Crippen LogP contribution < -0.4 is 5.73 Å². The summed E-state index contributed by atoms with van der Waals surface area (Å²) in [5, 5.41) is 11.6. The first-order chi connectivity index (χ1) is 8.18. The third-order valence-corrected chi connectivity index (χ3v) is 2.78. The number of anilines is 1. The highest BCUT2D eigenvalue weighted by Crippen LogP contribution is 2.33. The van der Waals surface area contributed by atoms with Crippen molar-refractivity contribution in [2.45, 2.75) is 10.1 Å². The van der Waals surface area contributed by atoms with Crippen molar-refractivity contribution in [2.24, 2.45) is 0 Å². The van der Waals surface area contributed by atoms with E-state index in [4.69, 9.17) is 5.73 Å². The molecule has 2 heterocycles. The van der Waals surface area contributed by atoms with E-state index < -0.39 is 4.92 Å². The lowest BCUT2D eigenvalue weighted by atomic mass is 10.5. The van der Waals surface area contributed by atoms with Crippen LogP contribution in [0.5, 0.6) is 0 Å². The predicted octanol–water partition coefficient (Wildman–Crippen LogP) is 1.51. The van der Waals surface area contributed by atoms with Crippen molar-refractivity contribution in [1.29, 1.82) is 0 Å². The molecular weight excluding hydrogens is 242 g/mol. The van der Waals surface area contributed by atoms with Crippen molar-refractivity contribution in [3.05, 3.63) is 40.8 Å². The Morgan fingerprint density at radius 1 is 1.29 bits per heavy atom. The summed E-state index contributed by atoms with van der Waals surface area (Å²) in [6.45, 7) is 0. The zero-order valence-corrected chi connectivity index (χ0v) is 9.29. The fourth-order valence-corrected chi connectivity index (χ4v) is 1.96. The van der Waals surface area contributed by atoms with Crippen molar-refractivity contribution in [1.82, 2.24) is 15.0 Å². The molecule has 0 atom stereocenters. The lowest BCUT2D eigenvalue weighted by Gasteiger charge is -2.01. The Kier molecular flexibility index (Phi) is 3.15. The number of aromatic nitrogens is 3. The topological polar surface area (TPSA) is 108 Å². The summed E-state index contributed by atoms with van der Waals surface area (Å²) in [6, 6.07) is 5.27. The number of rotatable bonds is 3. The van der Waals surface area contributed by atoms with Crippen LogP contribution in [0.1, 0.15) is 0 Å². The molecule has 17 heavy (non-hydrogen) atoms. The number of nitro groups is 1. The van der Waals surface area contributed by atoms with Crippen LogP contribution in [0.25, 0.3) is 0 Å². The van der Waals surface area contributed by atoms with E-state index in [9.17, 15) is 10.1 Å². The first-order valence-electron chi connectivity index (χ1n) is 4.52. The Labute approximate surface area is 100 Å². The second kappa shape index (κ2) is 4.74. The SMILES string of the molecule is Nc1ncnc(Sc2ccccn2)c1[N+](=O)[O-]. The summed E-state index contributed by atoms with van der Waals surface area (Å²) in [7, 11) is 0. The second-order valence-corrected chi connectivity index (χ2v) is 3.95. The van der Waals surface area contributed by atoms with E-state index in [1.165, 1.54) is 6.33 Å². The fraction of sp³-hybridized carbons (Fsp3) is 0. The van der Waals surface area contributed by atoms with Crippen LogP contribution in [-0.4, -0.2) is 19.9 Å². The monoisotopic (exact) mass is 249 g/mol. The number of nitrogens with zero attached hydrogens (tertiary/aromatic N) is 4. The van der Waals surface area contributed by atoms with Crippen molar-refractivity contribution < 1.29 is 4.92 Å². The van der Waals surface area contributed by atoms with Crippen LogP contribution in [-0.2, 0) is 0 Å². The van der Waals surface area contributed by atoms with Gasteiger partial charge in [0.25, 0.3) is 0 Å². The number of hydrogen-bond acceptors (Lipinski definition) is 7. The molecular formula is C9H7N5O2S. The molecule has 86 valence electrons. The van der Waals surface area contributed by atoms with Gasteiger partial charge < -0.3 is 5.73 Å². The average Bonchev–Trinajstić information content (AvgIpc) is 2.30. The van der Waals surface area contributed by atoms with Crippen molar-refractivity contribution in [2.75, 3.05) is 5.73 Å². The number of nitrogens with two attached hydrogens (primary N) is 1. The summed E-state index contributed by atoms with van der Waals surface area (Å²) in [4.78, 5) is 21.7. The van der Waals surface area contributed by atoms with Gasteiger partial charge in [0.15, 0.2) is 5.03 Å². The van der Waals surface area contributed by atoms with Crippen LogP contribution in [0.2, 0.25) is 0 Å². The van der Waals surface area contributed by atoms with Gasteiger partial charge in [-0.15, -0.1) is 0 Å². The number of nitrogen functional groups attached to an aromatic ring is 1. The van der Waals surface area contributed by atoms with E-state index in [1.807, 2.05) is 0 Å². The first kappa shape index (κ1) is 11.3. The van der Waals surface area contributed by atoms with Crippen LogP contribution >= 0.6 is 11.8 Å². The van der Waals surface area contributed by atoms with E-state index in [-0.39, 0.29) is 16.5 Å². The van der Waals surface area contributed by atoms with Gasteiger partial charge in [0.05, 0.1) is 4.92 Å². The molecule has 7 nitrogen and oxygen atoms in total. The second-order valence-electron chi connectivity index (χ2n) is 2.94. The molecule has 0 spiro atoms. The van der Waals surface area contributed by atoms with Gasteiger partial charge in [0.1, 0.15) is 11.4 Å². The van der Waals surface area contributed by atoms with Gasteiger partial charge in [-0.05, 0) is 23.9 Å². The molecule has 0 fully saturated rings. The molecule has 0 bridgehead atoms. The highest BCUT2D eigenvalue weighted by Gasteiger charge is 2.21. The van der Waals surface area contributed by atoms with E-state index in [2.05, 4.69) is 15.0 Å². The molecule has 0 aliphatic rings. The minimum absolute atomic E-state index is 0.150. The maximum absolute atomic E-state index is 10.8. The van der Waals surface area contributed by atoms with Gasteiger partial charge in [-0.3, -0.25) is 10.1 Å². The minimum atomic E-state index is -0.597. The van der Waals surface area contributed by atoms with Crippen LogP contribution in [0.15, 0.2) is 40.8 Å². The van der Waals surface area contributed by atoms with Gasteiger partial charge in [-0.1, -0.05) is 6.07 Å². The van der Waals surface area contributed by atoms with Gasteiger partial charge in [-0.2, -0.15) is 0 Å². The summed E-state index contributed by atoms with van der Waals surface area (Å²) in [5.41, 5.74) is 5.16. The third kappa shape index (κ3) is 2.48. The Morgan fingerprint density at radius 2 is 2.12 bits per heavy atom. The Morgan fingerprint density at radius 3 is 2.76 bits per heavy atom. The predicted molar refractivity (Wildman–Crippen MR) is 61.5 cm³/mol. The maximum Gasteiger partial charge on any atom is 0.343 e. The van der Waals surface area contributed by atoms with E-state index >= 15 is 0 Å². The highest BCUT2D eigenvalue weighted by molar-refractivity contribution is 7.99. The molecule has 0 saturated carbocycles. The minimum Gasteiger partial charge on any atom is -0.378 e. The zero-order valence-electron chi connectivity index (χ0n) is 8.48. The molecule has 0 aliphatic carbocycles. The Hall–Kier alpha value is -2.22. The quantitative estimate of drug-likeness (QED) is 0.499. The molecule has 2 rings (SSSR count). The molecule has 0 radical (unpaired) electrons. The number of pyridine rings is 1. The normalized spacial score (nSPS) is 10.1. The van der Waals surface area contributed by atoms with Gasteiger partial charge in [0.2, 0.25) is 5.82 Å². The average molecular weight is 249 g/mol. The Balaban J connectivity index is 2.40. The van der Waals surface area contributed by atoms with Crippen LogP contribution in [0.3, 0.4) is 0 Å². The number of hydrogen-bond donors (Lipinski definition) is 1. The molecule has 0 amide bonds. The van der Waals surface area contributed by atoms with Gasteiger partial charge in [0, 0.05) is 6.20 Å². The summed E-state index contributed by atoms with van der Waals surface area (Å²) in [6.07, 6.45) is 2.78. The molecule has 0 aliphatic heterocycles. The molecule has 2 aromatic rings. The lowest BCUT2D eigenvalue weighted by Crippen LogP contribution is -2.01. The smallest absolute Gasteiger partial charge is 0.343 e. The molecule has 2 N–H and O–H groups in total. The van der Waals surface area contributed by atoms with E-state index in [1.54, 1.807) is 24.4 Å². The molecule has 0 unspecified atom stereocenters. The largest absolute Gasteiger partial charge is 0.378 e. The van der Waals surface area contributed by atoms with E-state index in [0.717, 1.165) is 11.8 Å². The Bertz CT molecular complexity index is 548. The van der Waals surface area contributed by atoms with Gasteiger partial charge >= 0.3 is 5.69 Å². The van der Waals surface area contributed by atoms with Crippen LogP contribution in [0, 0.1) is 10.1 Å². The first-order valence-corrected chi connectivity index (χ1v) is 5.34. The zero-order chi connectivity index (χ0) is 12.3. The molecule has 0 saturated heterocycles. The fourth-order valence-electron chi connectivity index (χ4n) is 1.13. The lowest BCUT2D eigenvalue weighted by molar-refractivity contribution is -0.387. The summed E-state index contributed by atoms with van der Waals surface area (Å²) in [5.74, 6) is -0.150. The standard InChI is InChI=1S/C9H7N5O2S/c10-8-7(14(15)16)9(13-5-12-8)17-6-3-1-2-4-11-6/h1-5H,(H2,10,12,13). The van der Waals surface area contributed by atoms with Crippen molar-refractivity contribution in [3.63, 3.8) is 0 Å². The molecule has 2 aromatic heterocycles. The van der Waals surface area contributed by atoms with Crippen molar-refractivity contribution >= 4 is 23.3 Å². The molecule has 8 heteroatoms. The third-order valence-electron chi connectivity index (χ3n) is 1.84. The van der Waals surface area contributed by atoms with E-state index in [0.29, 0.717) is 5.03 Å². The van der Waals surface area contributed by atoms with Gasteiger partial charge in [-0.25, -0.2) is 15.0 Å². The summed E-state index contributed by atoms with van der Waals surface area (Å²) < 4.78 is 0. The van der Waals surface area contributed by atoms with Crippen molar-refractivity contribution in [3.8, 4) is 0 Å². The maximum atomic E-state index is 10.8. The molecule has 0 aromatic carbocycles. The highest BCUT2D eigenvalue weighted by atomic mass is 32.2.